The molecule has 1 aliphatic rings. The molecule has 1 heterocycles. The van der Waals surface area contributed by atoms with Crippen LogP contribution in [0.4, 0.5) is 0 Å². The van der Waals surface area contributed by atoms with E-state index >= 15 is 0 Å². The number of ether oxygens (including phenoxy) is 2. The molecule has 31 heavy (non-hydrogen) atoms. The van der Waals surface area contributed by atoms with E-state index in [0.717, 1.165) is 0 Å². The van der Waals surface area contributed by atoms with E-state index in [1.54, 1.807) is 4.90 Å². The molecule has 0 spiro atoms. The quantitative estimate of drug-likeness (QED) is 0.519. The van der Waals surface area contributed by atoms with Crippen molar-refractivity contribution in [2.75, 3.05) is 60.0 Å². The number of carbonyl (C=O) groups excluding carboxylic acids is 3. The number of sulfonamides is 1. The summed E-state index contributed by atoms with van der Waals surface area (Å²) in [5, 5.41) is 0. The Hall–Kier alpha value is -2.50. The predicted molar refractivity (Wildman–Crippen MR) is 112 cm³/mol. The van der Waals surface area contributed by atoms with Crippen LogP contribution in [0.15, 0.2) is 23.1 Å². The van der Waals surface area contributed by atoms with Crippen LogP contribution in [0.1, 0.15) is 34.6 Å². The summed E-state index contributed by atoms with van der Waals surface area (Å²) in [5.41, 5.74) is -0.125. The molecule has 1 fully saturated rings. The van der Waals surface area contributed by atoms with Crippen LogP contribution in [-0.4, -0.2) is 100 Å². The topological polar surface area (TPSA) is 114 Å². The third-order valence-electron chi connectivity index (χ3n) is 5.19. The standard InChI is InChI=1S/C20H29N3O7S/c1-5-22(6-2)18(24)14-21-7-9-23(10-8-21)31(27,28)17-12-15(19(25)29-3)11-16(13-17)20(26)30-4/h11-13H,5-10,14H2,1-4H3. The highest BCUT2D eigenvalue weighted by molar-refractivity contribution is 7.89. The van der Waals surface area contributed by atoms with Crippen LogP contribution in [0.25, 0.3) is 0 Å². The summed E-state index contributed by atoms with van der Waals surface area (Å²) in [6, 6.07) is 3.60. The minimum Gasteiger partial charge on any atom is -0.465 e. The summed E-state index contributed by atoms with van der Waals surface area (Å²) in [5.74, 6) is -1.52. The molecule has 0 atom stereocenters. The van der Waals surface area contributed by atoms with E-state index < -0.39 is 22.0 Å². The lowest BCUT2D eigenvalue weighted by Gasteiger charge is -2.34. The van der Waals surface area contributed by atoms with E-state index in [-0.39, 0.29) is 41.6 Å². The lowest BCUT2D eigenvalue weighted by atomic mass is 10.1. The van der Waals surface area contributed by atoms with Crippen LogP contribution >= 0.6 is 0 Å². The first-order valence-corrected chi connectivity index (χ1v) is 11.4. The monoisotopic (exact) mass is 455 g/mol. The molecule has 1 aromatic carbocycles. The van der Waals surface area contributed by atoms with Gasteiger partial charge in [0.25, 0.3) is 0 Å². The van der Waals surface area contributed by atoms with Crippen LogP contribution in [0.2, 0.25) is 0 Å². The van der Waals surface area contributed by atoms with E-state index in [9.17, 15) is 22.8 Å². The summed E-state index contributed by atoms with van der Waals surface area (Å²) in [4.78, 5) is 39.7. The van der Waals surface area contributed by atoms with E-state index in [1.165, 1.54) is 36.7 Å². The van der Waals surface area contributed by atoms with Gasteiger partial charge in [-0.25, -0.2) is 18.0 Å². The molecule has 1 amide bonds. The zero-order valence-electron chi connectivity index (χ0n) is 18.3. The maximum absolute atomic E-state index is 13.2. The Morgan fingerprint density at radius 1 is 0.903 bits per heavy atom. The zero-order chi connectivity index (χ0) is 23.2. The maximum Gasteiger partial charge on any atom is 0.337 e. The van der Waals surface area contributed by atoms with Crippen molar-refractivity contribution < 1.29 is 32.3 Å². The molecule has 0 unspecified atom stereocenters. The van der Waals surface area contributed by atoms with Crippen LogP contribution < -0.4 is 0 Å². The third kappa shape index (κ3) is 5.81. The van der Waals surface area contributed by atoms with E-state index in [0.29, 0.717) is 26.2 Å². The Balaban J connectivity index is 2.20. The minimum absolute atomic E-state index is 0.00908. The molecule has 1 aromatic rings. The van der Waals surface area contributed by atoms with Gasteiger partial charge in [0.05, 0.1) is 36.8 Å². The van der Waals surface area contributed by atoms with Gasteiger partial charge in [-0.15, -0.1) is 0 Å². The molecule has 0 N–H and O–H groups in total. The number of benzene rings is 1. The molecule has 10 nitrogen and oxygen atoms in total. The molecule has 11 heteroatoms. The molecule has 0 aliphatic carbocycles. The fraction of sp³-hybridized carbons (Fsp3) is 0.550. The van der Waals surface area contributed by atoms with Crippen molar-refractivity contribution in [2.45, 2.75) is 18.7 Å². The number of hydrogen-bond donors (Lipinski definition) is 0. The molecule has 0 radical (unpaired) electrons. The minimum atomic E-state index is -3.97. The van der Waals surface area contributed by atoms with Gasteiger partial charge >= 0.3 is 11.9 Å². The van der Waals surface area contributed by atoms with Gasteiger partial charge in [-0.1, -0.05) is 0 Å². The van der Waals surface area contributed by atoms with Crippen LogP contribution in [0.3, 0.4) is 0 Å². The van der Waals surface area contributed by atoms with Crippen LogP contribution in [-0.2, 0) is 24.3 Å². The van der Waals surface area contributed by atoms with Crippen molar-refractivity contribution in [2.24, 2.45) is 0 Å². The highest BCUT2D eigenvalue weighted by Gasteiger charge is 2.31. The summed E-state index contributed by atoms with van der Waals surface area (Å²) in [6.07, 6.45) is 0. The summed E-state index contributed by atoms with van der Waals surface area (Å²) in [6.45, 7) is 6.48. The molecule has 0 aromatic heterocycles. The van der Waals surface area contributed by atoms with Crippen molar-refractivity contribution in [1.29, 1.82) is 0 Å². The maximum atomic E-state index is 13.2. The summed E-state index contributed by atoms with van der Waals surface area (Å²) in [7, 11) is -1.64. The Morgan fingerprint density at radius 2 is 1.39 bits per heavy atom. The van der Waals surface area contributed by atoms with E-state index in [4.69, 9.17) is 0 Å². The van der Waals surface area contributed by atoms with Gasteiger partial charge in [0.1, 0.15) is 0 Å². The number of rotatable bonds is 8. The zero-order valence-corrected chi connectivity index (χ0v) is 19.1. The van der Waals surface area contributed by atoms with Crippen molar-refractivity contribution >= 4 is 27.9 Å². The SMILES string of the molecule is CCN(CC)C(=O)CN1CCN(S(=O)(=O)c2cc(C(=O)OC)cc(C(=O)OC)c2)CC1. The Morgan fingerprint density at radius 3 is 1.81 bits per heavy atom. The average molecular weight is 456 g/mol. The average Bonchev–Trinajstić information content (AvgIpc) is 2.78. The second-order valence-corrected chi connectivity index (χ2v) is 8.91. The number of likely N-dealkylation sites (N-methyl/N-ethyl adjacent to an activating group) is 1. The van der Waals surface area contributed by atoms with Crippen molar-refractivity contribution in [1.82, 2.24) is 14.1 Å². The van der Waals surface area contributed by atoms with Crippen LogP contribution in [0, 0.1) is 0 Å². The number of piperazine rings is 1. The first-order chi connectivity index (χ1) is 14.7. The predicted octanol–water partition coefficient (Wildman–Crippen LogP) is 0.435. The smallest absolute Gasteiger partial charge is 0.337 e. The number of methoxy groups -OCH3 is 2. The number of hydrogen-bond acceptors (Lipinski definition) is 8. The fourth-order valence-electron chi connectivity index (χ4n) is 3.36. The highest BCUT2D eigenvalue weighted by atomic mass is 32.2. The fourth-order valence-corrected chi connectivity index (χ4v) is 4.86. The molecule has 1 saturated heterocycles. The number of nitrogens with zero attached hydrogens (tertiary/aromatic N) is 3. The largest absolute Gasteiger partial charge is 0.465 e. The van der Waals surface area contributed by atoms with Gasteiger partial charge in [-0.05, 0) is 32.0 Å². The number of carbonyl (C=O) groups is 3. The molecule has 1 aliphatic heterocycles. The second-order valence-electron chi connectivity index (χ2n) is 6.98. The first-order valence-electron chi connectivity index (χ1n) is 9.99. The van der Waals surface area contributed by atoms with Gasteiger partial charge in [-0.3, -0.25) is 9.69 Å². The Bertz CT molecular complexity index is 886. The number of amides is 1. The highest BCUT2D eigenvalue weighted by Crippen LogP contribution is 2.22. The summed E-state index contributed by atoms with van der Waals surface area (Å²) < 4.78 is 37.0. The van der Waals surface area contributed by atoms with Gasteiger partial charge in [0.2, 0.25) is 15.9 Å². The molecular formula is C20H29N3O7S. The molecule has 0 bridgehead atoms. The lowest BCUT2D eigenvalue weighted by molar-refractivity contribution is -0.132. The van der Waals surface area contributed by atoms with E-state index in [1.807, 2.05) is 18.7 Å². The normalized spacial score (nSPS) is 15.4. The first kappa shape index (κ1) is 24.8. The third-order valence-corrected chi connectivity index (χ3v) is 7.07. The van der Waals surface area contributed by atoms with Gasteiger partial charge < -0.3 is 14.4 Å². The van der Waals surface area contributed by atoms with Crippen molar-refractivity contribution in [3.8, 4) is 0 Å². The number of esters is 2. The van der Waals surface area contributed by atoms with Gasteiger partial charge in [0, 0.05) is 39.3 Å². The molecule has 2 rings (SSSR count). The van der Waals surface area contributed by atoms with Gasteiger partial charge in [0.15, 0.2) is 0 Å². The van der Waals surface area contributed by atoms with Crippen molar-refractivity contribution in [3.05, 3.63) is 29.3 Å². The Labute approximate surface area is 182 Å². The second kappa shape index (κ2) is 10.7. The Kier molecular flexibility index (Phi) is 8.54. The molecular weight excluding hydrogens is 426 g/mol. The van der Waals surface area contributed by atoms with Crippen LogP contribution in [0.5, 0.6) is 0 Å². The lowest BCUT2D eigenvalue weighted by Crippen LogP contribution is -2.51. The van der Waals surface area contributed by atoms with Gasteiger partial charge in [-0.2, -0.15) is 4.31 Å². The molecule has 0 saturated carbocycles. The van der Waals surface area contributed by atoms with Crippen molar-refractivity contribution in [3.63, 3.8) is 0 Å². The van der Waals surface area contributed by atoms with E-state index in [2.05, 4.69) is 9.47 Å². The molecule has 172 valence electrons. The summed E-state index contributed by atoms with van der Waals surface area (Å²) >= 11 is 0.